The lowest BCUT2D eigenvalue weighted by atomic mass is 9.85. The van der Waals surface area contributed by atoms with Crippen molar-refractivity contribution < 1.29 is 8.42 Å². The van der Waals surface area contributed by atoms with Gasteiger partial charge in [-0.2, -0.15) is 0 Å². The van der Waals surface area contributed by atoms with Crippen molar-refractivity contribution in [3.63, 3.8) is 0 Å². The van der Waals surface area contributed by atoms with Crippen LogP contribution in [0.3, 0.4) is 0 Å². The van der Waals surface area contributed by atoms with Crippen molar-refractivity contribution in [1.82, 2.24) is 14.9 Å². The average molecular weight is 500 g/mol. The molecule has 1 saturated heterocycles. The molecule has 2 unspecified atom stereocenters. The van der Waals surface area contributed by atoms with E-state index in [4.69, 9.17) is 0 Å². The van der Waals surface area contributed by atoms with E-state index in [0.717, 1.165) is 24.8 Å². The van der Waals surface area contributed by atoms with Crippen LogP contribution in [0.2, 0.25) is 0 Å². The fourth-order valence-corrected chi connectivity index (χ4v) is 4.89. The first-order chi connectivity index (χ1) is 11.9. The van der Waals surface area contributed by atoms with Gasteiger partial charge in [-0.15, -0.1) is 24.0 Å². The first-order valence-corrected chi connectivity index (χ1v) is 11.7. The quantitative estimate of drug-likeness (QED) is 0.321. The minimum atomic E-state index is -3.06. The second kappa shape index (κ2) is 11.7. The van der Waals surface area contributed by atoms with E-state index in [9.17, 15) is 8.42 Å². The van der Waals surface area contributed by atoms with Crippen LogP contribution in [-0.4, -0.2) is 57.7 Å². The Morgan fingerprint density at radius 1 is 1.19 bits per heavy atom. The van der Waals surface area contributed by atoms with E-state index in [1.165, 1.54) is 51.2 Å². The van der Waals surface area contributed by atoms with Crippen molar-refractivity contribution in [2.24, 2.45) is 16.8 Å². The van der Waals surface area contributed by atoms with E-state index in [0.29, 0.717) is 25.0 Å². The highest BCUT2D eigenvalue weighted by atomic mass is 127. The second-order valence-corrected chi connectivity index (χ2v) is 9.84. The fourth-order valence-electron chi connectivity index (χ4n) is 3.97. The smallest absolute Gasteiger partial charge is 0.211 e. The predicted molar refractivity (Wildman–Crippen MR) is 120 cm³/mol. The molecule has 2 fully saturated rings. The van der Waals surface area contributed by atoms with Crippen LogP contribution in [0.25, 0.3) is 0 Å². The fraction of sp³-hybridized carbons (Fsp3) is 0.944. The molecule has 0 aromatic heterocycles. The van der Waals surface area contributed by atoms with Gasteiger partial charge in [-0.3, -0.25) is 4.99 Å². The Labute approximate surface area is 177 Å². The van der Waals surface area contributed by atoms with Crippen LogP contribution < -0.4 is 10.6 Å². The molecule has 154 valence electrons. The van der Waals surface area contributed by atoms with Gasteiger partial charge in [0.1, 0.15) is 0 Å². The van der Waals surface area contributed by atoms with Gasteiger partial charge in [0.25, 0.3) is 0 Å². The maximum absolute atomic E-state index is 11.6. The zero-order chi connectivity index (χ0) is 18.3. The molecule has 2 atom stereocenters. The van der Waals surface area contributed by atoms with E-state index < -0.39 is 10.0 Å². The summed E-state index contributed by atoms with van der Waals surface area (Å²) in [6, 6.07) is 0.407. The molecule has 0 radical (unpaired) electrons. The lowest BCUT2D eigenvalue weighted by Crippen LogP contribution is -2.44. The van der Waals surface area contributed by atoms with Crippen molar-refractivity contribution in [3.05, 3.63) is 0 Å². The third kappa shape index (κ3) is 8.29. The summed E-state index contributed by atoms with van der Waals surface area (Å²) >= 11 is 0. The summed E-state index contributed by atoms with van der Waals surface area (Å²) in [5, 5.41) is 6.85. The van der Waals surface area contributed by atoms with Crippen LogP contribution in [0.5, 0.6) is 0 Å². The Kier molecular flexibility index (Phi) is 10.8. The monoisotopic (exact) mass is 500 g/mol. The van der Waals surface area contributed by atoms with Crippen LogP contribution in [0, 0.1) is 11.8 Å². The summed E-state index contributed by atoms with van der Waals surface area (Å²) in [4.78, 5) is 4.31. The molecule has 8 heteroatoms. The number of hydrogen-bond donors (Lipinski definition) is 2. The van der Waals surface area contributed by atoms with Crippen molar-refractivity contribution in [3.8, 4) is 0 Å². The zero-order valence-electron chi connectivity index (χ0n) is 16.5. The van der Waals surface area contributed by atoms with Gasteiger partial charge >= 0.3 is 0 Å². The van der Waals surface area contributed by atoms with Crippen LogP contribution in [0.4, 0.5) is 0 Å². The standard InChI is InChI=1S/C18H36N4O2S.HI/c1-15(9-10-16-7-5-4-6-8-16)21-18(19-2)20-13-17-11-12-22(14-17)25(3,23)24;/h15-17H,4-14H2,1-3H3,(H2,19,20,21);1H. The number of rotatable bonds is 7. The van der Waals surface area contributed by atoms with Gasteiger partial charge in [0.2, 0.25) is 10.0 Å². The van der Waals surface area contributed by atoms with Crippen molar-refractivity contribution >= 4 is 40.0 Å². The summed E-state index contributed by atoms with van der Waals surface area (Å²) in [6.07, 6.45) is 11.7. The molecular weight excluding hydrogens is 463 g/mol. The summed E-state index contributed by atoms with van der Waals surface area (Å²) in [5.41, 5.74) is 0. The Balaban J connectivity index is 0.00000338. The molecule has 2 aliphatic rings. The summed E-state index contributed by atoms with van der Waals surface area (Å²) in [7, 11) is -1.26. The number of hydrogen-bond acceptors (Lipinski definition) is 3. The van der Waals surface area contributed by atoms with E-state index in [-0.39, 0.29) is 24.0 Å². The van der Waals surface area contributed by atoms with Gasteiger partial charge in [0.15, 0.2) is 5.96 Å². The third-order valence-corrected chi connectivity index (χ3v) is 6.88. The third-order valence-electron chi connectivity index (χ3n) is 5.62. The molecule has 1 aliphatic heterocycles. The number of nitrogens with one attached hydrogen (secondary N) is 2. The summed E-state index contributed by atoms with van der Waals surface area (Å²) in [6.45, 7) is 4.23. The molecule has 2 rings (SSSR count). The van der Waals surface area contributed by atoms with E-state index in [2.05, 4.69) is 22.5 Å². The number of nitrogens with zero attached hydrogens (tertiary/aromatic N) is 2. The minimum absolute atomic E-state index is 0. The van der Waals surface area contributed by atoms with Gasteiger partial charge in [-0.25, -0.2) is 12.7 Å². The Bertz CT molecular complexity index is 535. The predicted octanol–water partition coefficient (Wildman–Crippen LogP) is 2.80. The van der Waals surface area contributed by atoms with E-state index >= 15 is 0 Å². The van der Waals surface area contributed by atoms with E-state index in [1.807, 2.05) is 0 Å². The van der Waals surface area contributed by atoms with Crippen LogP contribution in [0.1, 0.15) is 58.3 Å². The van der Waals surface area contributed by atoms with Gasteiger partial charge in [-0.05, 0) is 38.0 Å². The zero-order valence-corrected chi connectivity index (χ0v) is 19.7. The van der Waals surface area contributed by atoms with Crippen molar-refractivity contribution in [1.29, 1.82) is 0 Å². The first kappa shape index (κ1) is 23.9. The van der Waals surface area contributed by atoms with Crippen LogP contribution >= 0.6 is 24.0 Å². The highest BCUT2D eigenvalue weighted by molar-refractivity contribution is 14.0. The van der Waals surface area contributed by atoms with Gasteiger partial charge in [-0.1, -0.05) is 32.1 Å². The highest BCUT2D eigenvalue weighted by Crippen LogP contribution is 2.27. The number of halogens is 1. The first-order valence-electron chi connectivity index (χ1n) is 9.80. The summed E-state index contributed by atoms with van der Waals surface area (Å²) < 4.78 is 24.8. The number of guanidine groups is 1. The molecule has 2 N–H and O–H groups in total. The van der Waals surface area contributed by atoms with Crippen LogP contribution in [-0.2, 0) is 10.0 Å². The largest absolute Gasteiger partial charge is 0.356 e. The Hall–Kier alpha value is -0.0900. The minimum Gasteiger partial charge on any atom is -0.356 e. The highest BCUT2D eigenvalue weighted by Gasteiger charge is 2.28. The summed E-state index contributed by atoms with van der Waals surface area (Å²) in [5.74, 6) is 2.09. The van der Waals surface area contributed by atoms with Gasteiger partial charge < -0.3 is 10.6 Å². The molecule has 26 heavy (non-hydrogen) atoms. The lowest BCUT2D eigenvalue weighted by molar-refractivity contribution is 0.322. The van der Waals surface area contributed by atoms with Gasteiger partial charge in [0.05, 0.1) is 6.26 Å². The van der Waals surface area contributed by atoms with Crippen LogP contribution in [0.15, 0.2) is 4.99 Å². The number of sulfonamides is 1. The Morgan fingerprint density at radius 3 is 2.46 bits per heavy atom. The molecule has 0 aromatic carbocycles. The van der Waals surface area contributed by atoms with Crippen molar-refractivity contribution in [2.45, 2.75) is 64.3 Å². The molecule has 0 bridgehead atoms. The maximum atomic E-state index is 11.6. The lowest BCUT2D eigenvalue weighted by Gasteiger charge is -2.24. The number of aliphatic imine (C=N–C) groups is 1. The van der Waals surface area contributed by atoms with Gasteiger partial charge in [0, 0.05) is 32.7 Å². The topological polar surface area (TPSA) is 73.8 Å². The molecule has 0 amide bonds. The molecule has 1 saturated carbocycles. The maximum Gasteiger partial charge on any atom is 0.211 e. The van der Waals surface area contributed by atoms with Crippen molar-refractivity contribution in [2.75, 3.05) is 32.9 Å². The normalized spacial score (nSPS) is 24.1. The molecule has 0 aromatic rings. The average Bonchev–Trinajstić information content (AvgIpc) is 3.07. The Morgan fingerprint density at radius 2 is 1.88 bits per heavy atom. The second-order valence-electron chi connectivity index (χ2n) is 7.86. The SMILES string of the molecule is CN=C(NCC1CCN(S(C)(=O)=O)C1)NC(C)CCC1CCCCC1.I. The molecular formula is C18H37IN4O2S. The molecule has 1 heterocycles. The molecule has 1 aliphatic carbocycles. The molecule has 6 nitrogen and oxygen atoms in total. The van der Waals surface area contributed by atoms with E-state index in [1.54, 1.807) is 11.4 Å². The molecule has 0 spiro atoms.